The summed E-state index contributed by atoms with van der Waals surface area (Å²) < 4.78 is 27.1. The van der Waals surface area contributed by atoms with Gasteiger partial charge in [-0.2, -0.15) is 4.31 Å². The van der Waals surface area contributed by atoms with Crippen molar-refractivity contribution in [1.82, 2.24) is 9.21 Å². The normalized spacial score (nSPS) is 16.0. The van der Waals surface area contributed by atoms with Crippen molar-refractivity contribution < 1.29 is 13.2 Å². The van der Waals surface area contributed by atoms with E-state index in [1.807, 2.05) is 37.3 Å². The van der Waals surface area contributed by atoms with Crippen molar-refractivity contribution in [1.29, 1.82) is 0 Å². The summed E-state index contributed by atoms with van der Waals surface area (Å²) in [6.45, 7) is 5.20. The van der Waals surface area contributed by atoms with E-state index in [-0.39, 0.29) is 5.91 Å². The van der Waals surface area contributed by atoms with Crippen LogP contribution in [0, 0.1) is 13.8 Å². The molecule has 0 spiro atoms. The highest BCUT2D eigenvalue weighted by atomic mass is 32.2. The smallest absolute Gasteiger partial charge is 0.253 e. The first-order valence-electron chi connectivity index (χ1n) is 8.31. The Kier molecular flexibility index (Phi) is 4.92. The number of piperazine rings is 1. The van der Waals surface area contributed by atoms with Crippen LogP contribution in [0.5, 0.6) is 0 Å². The van der Waals surface area contributed by atoms with Crippen LogP contribution in [0.2, 0.25) is 0 Å². The number of aryl methyl sites for hydroxylation is 2. The number of hydrogen-bond donors (Lipinski definition) is 0. The summed E-state index contributed by atoms with van der Waals surface area (Å²) in [7, 11) is -3.52. The molecular weight excluding hydrogens is 336 g/mol. The number of amides is 1. The molecule has 1 amide bonds. The standard InChI is InChI=1S/C19H22N2O3S/c1-15-7-9-17(10-8-15)19(22)20-11-13-21(14-12-20)25(23,24)18-6-4-3-5-16(18)2/h3-10H,11-14H2,1-2H3. The second-order valence-corrected chi connectivity index (χ2v) is 8.23. The summed E-state index contributed by atoms with van der Waals surface area (Å²) in [5.41, 5.74) is 2.48. The lowest BCUT2D eigenvalue weighted by Gasteiger charge is -2.34. The quantitative estimate of drug-likeness (QED) is 0.847. The fourth-order valence-corrected chi connectivity index (χ4v) is 4.64. The van der Waals surface area contributed by atoms with Gasteiger partial charge in [0.05, 0.1) is 4.90 Å². The number of carbonyl (C=O) groups is 1. The van der Waals surface area contributed by atoms with Gasteiger partial charge in [-0.05, 0) is 37.6 Å². The Bertz CT molecular complexity index is 868. The van der Waals surface area contributed by atoms with Crippen molar-refractivity contribution >= 4 is 15.9 Å². The lowest BCUT2D eigenvalue weighted by Crippen LogP contribution is -2.50. The first kappa shape index (κ1) is 17.6. The van der Waals surface area contributed by atoms with Gasteiger partial charge in [0.1, 0.15) is 0 Å². The molecule has 0 saturated carbocycles. The van der Waals surface area contributed by atoms with Gasteiger partial charge in [-0.1, -0.05) is 35.9 Å². The molecule has 0 N–H and O–H groups in total. The molecule has 1 heterocycles. The van der Waals surface area contributed by atoms with E-state index in [9.17, 15) is 13.2 Å². The van der Waals surface area contributed by atoms with E-state index >= 15 is 0 Å². The molecule has 2 aromatic rings. The number of benzene rings is 2. The molecule has 1 saturated heterocycles. The third-order valence-electron chi connectivity index (χ3n) is 4.54. The van der Waals surface area contributed by atoms with Crippen LogP contribution in [0.25, 0.3) is 0 Å². The largest absolute Gasteiger partial charge is 0.336 e. The first-order valence-corrected chi connectivity index (χ1v) is 9.75. The highest BCUT2D eigenvalue weighted by Crippen LogP contribution is 2.21. The van der Waals surface area contributed by atoms with Gasteiger partial charge >= 0.3 is 0 Å². The van der Waals surface area contributed by atoms with Gasteiger partial charge in [-0.25, -0.2) is 8.42 Å². The van der Waals surface area contributed by atoms with Crippen LogP contribution in [0.1, 0.15) is 21.5 Å². The van der Waals surface area contributed by atoms with Gasteiger partial charge in [-0.15, -0.1) is 0 Å². The number of rotatable bonds is 3. The molecule has 5 nitrogen and oxygen atoms in total. The van der Waals surface area contributed by atoms with Crippen LogP contribution < -0.4 is 0 Å². The number of sulfonamides is 1. The third-order valence-corrected chi connectivity index (χ3v) is 6.59. The third kappa shape index (κ3) is 3.60. The van der Waals surface area contributed by atoms with E-state index in [0.717, 1.165) is 11.1 Å². The second kappa shape index (κ2) is 6.98. The molecule has 0 bridgehead atoms. The summed E-state index contributed by atoms with van der Waals surface area (Å²) in [6.07, 6.45) is 0. The zero-order chi connectivity index (χ0) is 18.0. The second-order valence-electron chi connectivity index (χ2n) is 6.33. The Morgan fingerprint density at radius 3 is 2.08 bits per heavy atom. The molecule has 25 heavy (non-hydrogen) atoms. The zero-order valence-electron chi connectivity index (χ0n) is 14.5. The van der Waals surface area contributed by atoms with Crippen molar-refractivity contribution in [3.63, 3.8) is 0 Å². The monoisotopic (exact) mass is 358 g/mol. The van der Waals surface area contributed by atoms with Crippen LogP contribution in [0.15, 0.2) is 53.4 Å². The molecule has 1 aliphatic rings. The molecule has 0 atom stereocenters. The molecule has 132 valence electrons. The van der Waals surface area contributed by atoms with Gasteiger partial charge in [0.2, 0.25) is 10.0 Å². The van der Waals surface area contributed by atoms with Gasteiger partial charge < -0.3 is 4.90 Å². The van der Waals surface area contributed by atoms with E-state index < -0.39 is 10.0 Å². The minimum Gasteiger partial charge on any atom is -0.336 e. The maximum Gasteiger partial charge on any atom is 0.253 e. The van der Waals surface area contributed by atoms with Gasteiger partial charge in [0, 0.05) is 31.7 Å². The van der Waals surface area contributed by atoms with Crippen molar-refractivity contribution in [2.45, 2.75) is 18.7 Å². The number of carbonyl (C=O) groups excluding carboxylic acids is 1. The number of nitrogens with zero attached hydrogens (tertiary/aromatic N) is 2. The molecule has 1 aliphatic heterocycles. The molecule has 0 unspecified atom stereocenters. The van der Waals surface area contributed by atoms with E-state index in [2.05, 4.69) is 0 Å². The minimum atomic E-state index is -3.52. The summed E-state index contributed by atoms with van der Waals surface area (Å²) in [4.78, 5) is 14.6. The maximum atomic E-state index is 12.8. The summed E-state index contributed by atoms with van der Waals surface area (Å²) in [5, 5.41) is 0. The zero-order valence-corrected chi connectivity index (χ0v) is 15.3. The predicted octanol–water partition coefficient (Wildman–Crippen LogP) is 2.45. The topological polar surface area (TPSA) is 57.7 Å². The van der Waals surface area contributed by atoms with Crippen LogP contribution in [-0.2, 0) is 10.0 Å². The predicted molar refractivity (Wildman–Crippen MR) is 97.0 cm³/mol. The molecule has 0 radical (unpaired) electrons. The van der Waals surface area contributed by atoms with Crippen LogP contribution >= 0.6 is 0 Å². The number of hydrogen-bond acceptors (Lipinski definition) is 3. The average Bonchev–Trinajstić information content (AvgIpc) is 2.62. The molecule has 0 aromatic heterocycles. The minimum absolute atomic E-state index is 0.0482. The highest BCUT2D eigenvalue weighted by Gasteiger charge is 2.31. The average molecular weight is 358 g/mol. The van der Waals surface area contributed by atoms with Gasteiger partial charge in [-0.3, -0.25) is 4.79 Å². The molecule has 1 fully saturated rings. The fourth-order valence-electron chi connectivity index (χ4n) is 3.00. The van der Waals surface area contributed by atoms with Crippen LogP contribution in [-0.4, -0.2) is 49.7 Å². The summed E-state index contributed by atoms with van der Waals surface area (Å²) in [6, 6.07) is 14.4. The molecule has 0 aliphatic carbocycles. The SMILES string of the molecule is Cc1ccc(C(=O)N2CCN(S(=O)(=O)c3ccccc3C)CC2)cc1. The maximum absolute atomic E-state index is 12.8. The van der Waals surface area contributed by atoms with Crippen LogP contribution in [0.4, 0.5) is 0 Å². The molecular formula is C19H22N2O3S. The highest BCUT2D eigenvalue weighted by molar-refractivity contribution is 7.89. The van der Waals surface area contributed by atoms with Crippen molar-refractivity contribution in [3.8, 4) is 0 Å². The summed E-state index contributed by atoms with van der Waals surface area (Å²) >= 11 is 0. The Hall–Kier alpha value is -2.18. The Morgan fingerprint density at radius 1 is 0.880 bits per heavy atom. The molecule has 6 heteroatoms. The van der Waals surface area contributed by atoms with E-state index in [1.165, 1.54) is 4.31 Å². The van der Waals surface area contributed by atoms with Crippen molar-refractivity contribution in [3.05, 3.63) is 65.2 Å². The van der Waals surface area contributed by atoms with E-state index in [1.54, 1.807) is 30.0 Å². The Labute approximate surface area is 148 Å². The Balaban J connectivity index is 1.70. The fraction of sp³-hybridized carbons (Fsp3) is 0.316. The van der Waals surface area contributed by atoms with Crippen LogP contribution in [0.3, 0.4) is 0 Å². The molecule has 2 aromatic carbocycles. The lowest BCUT2D eigenvalue weighted by molar-refractivity contribution is 0.0698. The Morgan fingerprint density at radius 2 is 1.48 bits per heavy atom. The summed E-state index contributed by atoms with van der Waals surface area (Å²) in [5.74, 6) is -0.0482. The molecule has 3 rings (SSSR count). The van der Waals surface area contributed by atoms with Gasteiger partial charge in [0.25, 0.3) is 5.91 Å². The van der Waals surface area contributed by atoms with Crippen molar-refractivity contribution in [2.24, 2.45) is 0 Å². The van der Waals surface area contributed by atoms with E-state index in [0.29, 0.717) is 36.6 Å². The van der Waals surface area contributed by atoms with E-state index in [4.69, 9.17) is 0 Å². The van der Waals surface area contributed by atoms with Crippen molar-refractivity contribution in [2.75, 3.05) is 26.2 Å². The lowest BCUT2D eigenvalue weighted by atomic mass is 10.1. The first-order chi connectivity index (χ1) is 11.9. The van der Waals surface area contributed by atoms with Gasteiger partial charge in [0.15, 0.2) is 0 Å².